The lowest BCUT2D eigenvalue weighted by molar-refractivity contribution is 0.0634. The van der Waals surface area contributed by atoms with E-state index in [2.05, 4.69) is 5.32 Å². The van der Waals surface area contributed by atoms with Gasteiger partial charge in [-0.2, -0.15) is 0 Å². The molecule has 6 nitrogen and oxygen atoms in total. The van der Waals surface area contributed by atoms with E-state index in [0.29, 0.717) is 16.9 Å². The Morgan fingerprint density at radius 3 is 2.42 bits per heavy atom. The lowest BCUT2D eigenvalue weighted by atomic mass is 10.0. The van der Waals surface area contributed by atoms with Crippen LogP contribution in [0, 0.1) is 0 Å². The van der Waals surface area contributed by atoms with Crippen LogP contribution in [0.5, 0.6) is 0 Å². The molecule has 4 N–H and O–H groups in total. The Morgan fingerprint density at radius 1 is 1.08 bits per heavy atom. The Labute approximate surface area is 140 Å². The van der Waals surface area contributed by atoms with Gasteiger partial charge in [0.1, 0.15) is 5.60 Å². The molecule has 2 rings (SSSR count). The van der Waals surface area contributed by atoms with Crippen LogP contribution in [0.25, 0.3) is 11.1 Å². The second kappa shape index (κ2) is 6.62. The van der Waals surface area contributed by atoms with Crippen LogP contribution in [-0.2, 0) is 4.74 Å². The van der Waals surface area contributed by atoms with Gasteiger partial charge in [0.15, 0.2) is 0 Å². The lowest BCUT2D eigenvalue weighted by Crippen LogP contribution is -2.27. The Morgan fingerprint density at radius 2 is 1.79 bits per heavy atom. The van der Waals surface area contributed by atoms with E-state index in [-0.39, 0.29) is 5.56 Å². The van der Waals surface area contributed by atoms with Crippen molar-refractivity contribution in [1.29, 1.82) is 0 Å². The summed E-state index contributed by atoms with van der Waals surface area (Å²) in [5, 5.41) is 11.8. The highest BCUT2D eigenvalue weighted by Gasteiger charge is 2.16. The highest BCUT2D eigenvalue weighted by molar-refractivity contribution is 5.91. The number of carbonyl (C=O) groups is 2. The van der Waals surface area contributed by atoms with Crippen molar-refractivity contribution in [3.05, 3.63) is 48.0 Å². The van der Waals surface area contributed by atoms with Crippen LogP contribution in [0.4, 0.5) is 16.2 Å². The number of carboxylic acids is 1. The zero-order valence-corrected chi connectivity index (χ0v) is 13.8. The third-order valence-corrected chi connectivity index (χ3v) is 3.04. The van der Waals surface area contributed by atoms with Crippen LogP contribution in [-0.4, -0.2) is 22.8 Å². The smallest absolute Gasteiger partial charge is 0.412 e. The first-order chi connectivity index (χ1) is 11.1. The molecule has 1 amide bonds. The second-order valence-corrected chi connectivity index (χ2v) is 6.36. The summed E-state index contributed by atoms with van der Waals surface area (Å²) in [5.74, 6) is -1.05. The molecule has 2 aromatic rings. The Kier molecular flexibility index (Phi) is 4.78. The van der Waals surface area contributed by atoms with Gasteiger partial charge < -0.3 is 15.6 Å². The summed E-state index contributed by atoms with van der Waals surface area (Å²) >= 11 is 0. The molecule has 0 aliphatic carbocycles. The molecular formula is C18H20N2O4. The van der Waals surface area contributed by atoms with E-state index in [1.54, 1.807) is 51.1 Å². The number of hydrogen-bond donors (Lipinski definition) is 3. The lowest BCUT2D eigenvalue weighted by Gasteiger charge is -2.19. The predicted octanol–water partition coefficient (Wildman–Crippen LogP) is 3.98. The molecule has 24 heavy (non-hydrogen) atoms. The summed E-state index contributed by atoms with van der Waals surface area (Å²) in [5.41, 5.74) is 7.57. The number of ether oxygens (including phenoxy) is 1. The number of benzene rings is 2. The zero-order chi connectivity index (χ0) is 17.9. The van der Waals surface area contributed by atoms with Gasteiger partial charge in [-0.3, -0.25) is 5.32 Å². The number of nitrogens with two attached hydrogens (primary N) is 1. The molecule has 126 valence electrons. The van der Waals surface area contributed by atoms with Crippen molar-refractivity contribution in [2.24, 2.45) is 0 Å². The number of aromatic carboxylic acids is 1. The topological polar surface area (TPSA) is 102 Å². The van der Waals surface area contributed by atoms with E-state index in [0.717, 1.165) is 5.56 Å². The maximum absolute atomic E-state index is 11.8. The average molecular weight is 328 g/mol. The first kappa shape index (κ1) is 17.3. The molecular weight excluding hydrogens is 308 g/mol. The number of carboxylic acid groups (broad SMARTS) is 1. The van der Waals surface area contributed by atoms with Gasteiger partial charge >= 0.3 is 12.1 Å². The van der Waals surface area contributed by atoms with Crippen molar-refractivity contribution in [3.8, 4) is 11.1 Å². The van der Waals surface area contributed by atoms with Crippen molar-refractivity contribution < 1.29 is 19.4 Å². The number of nitrogens with one attached hydrogen (secondary N) is 1. The molecule has 0 aliphatic rings. The molecule has 0 aromatic heterocycles. The van der Waals surface area contributed by atoms with Gasteiger partial charge in [-0.25, -0.2) is 9.59 Å². The summed E-state index contributed by atoms with van der Waals surface area (Å²) in [4.78, 5) is 23.0. The molecule has 0 aliphatic heterocycles. The Bertz CT molecular complexity index is 779. The highest BCUT2D eigenvalue weighted by Crippen LogP contribution is 2.26. The van der Waals surface area contributed by atoms with Crippen LogP contribution in [0.15, 0.2) is 42.5 Å². The number of anilines is 2. The van der Waals surface area contributed by atoms with Gasteiger partial charge in [-0.05, 0) is 62.2 Å². The van der Waals surface area contributed by atoms with Crippen molar-refractivity contribution in [1.82, 2.24) is 0 Å². The van der Waals surface area contributed by atoms with Crippen LogP contribution in [0.3, 0.4) is 0 Å². The van der Waals surface area contributed by atoms with Crippen LogP contribution < -0.4 is 11.1 Å². The molecule has 2 aromatic carbocycles. The second-order valence-electron chi connectivity index (χ2n) is 6.36. The fraction of sp³-hybridized carbons (Fsp3) is 0.222. The fourth-order valence-corrected chi connectivity index (χ4v) is 2.14. The van der Waals surface area contributed by atoms with E-state index in [4.69, 9.17) is 15.6 Å². The first-order valence-corrected chi connectivity index (χ1v) is 7.38. The van der Waals surface area contributed by atoms with Crippen LogP contribution in [0.1, 0.15) is 31.1 Å². The summed E-state index contributed by atoms with van der Waals surface area (Å²) in [6, 6.07) is 11.6. The molecule has 0 spiro atoms. The van der Waals surface area contributed by atoms with Crippen molar-refractivity contribution in [2.75, 3.05) is 11.1 Å². The van der Waals surface area contributed by atoms with Gasteiger partial charge in [0.2, 0.25) is 0 Å². The van der Waals surface area contributed by atoms with Gasteiger partial charge in [0.25, 0.3) is 0 Å². The standard InChI is InChI=1S/C18H20N2O4/c1-18(2,3)24-17(23)20-15-6-4-5-11(10-15)12-7-13(16(21)22)9-14(19)8-12/h4-10H,19H2,1-3H3,(H,20,23)(H,21,22). The summed E-state index contributed by atoms with van der Waals surface area (Å²) in [6.45, 7) is 5.34. The maximum atomic E-state index is 11.8. The first-order valence-electron chi connectivity index (χ1n) is 7.38. The van der Waals surface area contributed by atoms with Gasteiger partial charge in [-0.15, -0.1) is 0 Å². The summed E-state index contributed by atoms with van der Waals surface area (Å²) in [7, 11) is 0. The molecule has 0 fully saturated rings. The summed E-state index contributed by atoms with van der Waals surface area (Å²) in [6.07, 6.45) is -0.557. The normalized spacial score (nSPS) is 11.0. The van der Waals surface area contributed by atoms with Crippen molar-refractivity contribution in [3.63, 3.8) is 0 Å². The molecule has 0 saturated heterocycles. The van der Waals surface area contributed by atoms with E-state index >= 15 is 0 Å². The number of amides is 1. The quantitative estimate of drug-likeness (QED) is 0.740. The average Bonchev–Trinajstić information content (AvgIpc) is 2.44. The van der Waals surface area contributed by atoms with Gasteiger partial charge in [-0.1, -0.05) is 12.1 Å². The minimum absolute atomic E-state index is 0.107. The number of rotatable bonds is 3. The number of nitrogen functional groups attached to an aromatic ring is 1. The van der Waals surface area contributed by atoms with E-state index < -0.39 is 17.7 Å². The number of hydrogen-bond acceptors (Lipinski definition) is 4. The molecule has 0 radical (unpaired) electrons. The van der Waals surface area contributed by atoms with E-state index in [1.165, 1.54) is 12.1 Å². The van der Waals surface area contributed by atoms with E-state index in [9.17, 15) is 9.59 Å². The summed E-state index contributed by atoms with van der Waals surface area (Å²) < 4.78 is 5.21. The minimum atomic E-state index is -1.05. The van der Waals surface area contributed by atoms with Gasteiger partial charge in [0.05, 0.1) is 5.56 Å². The fourth-order valence-electron chi connectivity index (χ4n) is 2.14. The molecule has 6 heteroatoms. The van der Waals surface area contributed by atoms with Crippen LogP contribution >= 0.6 is 0 Å². The molecule has 0 heterocycles. The monoisotopic (exact) mass is 328 g/mol. The van der Waals surface area contributed by atoms with Gasteiger partial charge in [0, 0.05) is 11.4 Å². The highest BCUT2D eigenvalue weighted by atomic mass is 16.6. The number of carbonyl (C=O) groups excluding carboxylic acids is 1. The molecule has 0 bridgehead atoms. The minimum Gasteiger partial charge on any atom is -0.478 e. The third-order valence-electron chi connectivity index (χ3n) is 3.04. The molecule has 0 unspecified atom stereocenters. The molecule has 0 atom stereocenters. The Hall–Kier alpha value is -3.02. The predicted molar refractivity (Wildman–Crippen MR) is 93.1 cm³/mol. The van der Waals surface area contributed by atoms with Crippen molar-refractivity contribution >= 4 is 23.4 Å². The Balaban J connectivity index is 2.28. The zero-order valence-electron chi connectivity index (χ0n) is 13.8. The van der Waals surface area contributed by atoms with Crippen LogP contribution in [0.2, 0.25) is 0 Å². The maximum Gasteiger partial charge on any atom is 0.412 e. The largest absolute Gasteiger partial charge is 0.478 e. The van der Waals surface area contributed by atoms with E-state index in [1.807, 2.05) is 0 Å². The van der Waals surface area contributed by atoms with Crippen molar-refractivity contribution in [2.45, 2.75) is 26.4 Å². The molecule has 0 saturated carbocycles. The third kappa shape index (κ3) is 4.74. The SMILES string of the molecule is CC(C)(C)OC(=O)Nc1cccc(-c2cc(N)cc(C(=O)O)c2)c1.